The second-order valence-corrected chi connectivity index (χ2v) is 32.2. The van der Waals surface area contributed by atoms with Crippen LogP contribution in [-0.4, -0.2) is 123 Å². The van der Waals surface area contributed by atoms with Crippen molar-refractivity contribution in [3.63, 3.8) is 0 Å². The first-order valence-electron chi connectivity index (χ1n) is 42.2. The number of pyridine rings is 1. The van der Waals surface area contributed by atoms with E-state index in [1.807, 2.05) is 83.2 Å². The van der Waals surface area contributed by atoms with Gasteiger partial charge in [0.15, 0.2) is 29.0 Å². The van der Waals surface area contributed by atoms with E-state index in [0.717, 1.165) is 104 Å². The van der Waals surface area contributed by atoms with Crippen LogP contribution in [-0.2, 0) is 35.2 Å². The molecule has 0 fully saturated rings. The molecule has 0 aliphatic heterocycles. The minimum absolute atomic E-state index is 0.0166. The first-order valence-corrected chi connectivity index (χ1v) is 43.9. The molecule has 0 aliphatic rings. The van der Waals surface area contributed by atoms with E-state index in [9.17, 15) is 72.3 Å². The maximum Gasteiger partial charge on any atom is 0.262 e. The number of aryl methyl sites for hydroxylation is 5. The summed E-state index contributed by atoms with van der Waals surface area (Å²) < 4.78 is 165. The number of aromatic nitrogens is 19. The van der Waals surface area contributed by atoms with Gasteiger partial charge in [-0.25, -0.2) is 98.1 Å². The molecule has 7 aromatic carbocycles. The van der Waals surface area contributed by atoms with Crippen LogP contribution in [0.15, 0.2) is 302 Å². The molecule has 5 amide bonds. The van der Waals surface area contributed by atoms with Crippen LogP contribution in [0.3, 0.4) is 0 Å². The number of thiazole rings is 1. The average molecular weight is 1980 g/mol. The van der Waals surface area contributed by atoms with Gasteiger partial charge in [0.25, 0.3) is 29.5 Å². The van der Waals surface area contributed by atoms with Crippen molar-refractivity contribution in [2.75, 3.05) is 26.6 Å². The maximum absolute atomic E-state index is 14.0. The lowest BCUT2D eigenvalue weighted by Gasteiger charge is -2.08. The van der Waals surface area contributed by atoms with Crippen molar-refractivity contribution in [2.45, 2.75) is 0 Å². The molecule has 13 aromatic heterocycles. The van der Waals surface area contributed by atoms with Crippen molar-refractivity contribution in [3.05, 3.63) is 389 Å². The van der Waals surface area contributed by atoms with Gasteiger partial charge in [0, 0.05) is 76.0 Å². The lowest BCUT2D eigenvalue weighted by atomic mass is 10.1. The van der Waals surface area contributed by atoms with Gasteiger partial charge in [-0.15, -0.1) is 22.7 Å². The normalized spacial score (nSPS) is 10.8. The number of halogens is 11. The number of carbonyl (C=O) groups excluding carboxylic acids is 5. The Morgan fingerprint density at radius 3 is 1.01 bits per heavy atom. The van der Waals surface area contributed by atoms with E-state index >= 15 is 0 Å². The van der Waals surface area contributed by atoms with Crippen molar-refractivity contribution < 1.29 is 76.7 Å². The van der Waals surface area contributed by atoms with Crippen molar-refractivity contribution >= 4 is 81.3 Å². The third kappa shape index (κ3) is 22.9. The fourth-order valence-electron chi connectivity index (χ4n) is 14.0. The molecule has 0 aliphatic carbocycles. The molecule has 43 heteroatoms. The predicted octanol–water partition coefficient (Wildman–Crippen LogP) is 20.8. The first-order chi connectivity index (χ1) is 69.0. The Bertz CT molecular complexity index is 7460. The largest absolute Gasteiger partial charge is 0.463 e. The zero-order valence-electron chi connectivity index (χ0n) is 74.7. The number of anilines is 5. The zero-order chi connectivity index (χ0) is 101. The SMILES string of the molecule is Cn1cc(-c2ccccc2)cc1-c1ccc(NC(=O)c2c(F)cccc2F)nc1.Cn1nc(-c2ccccc2F)cc1-c1cnc(NC(=O)c2c(F)cccc2F)cn1.Cn1nc(-c2ccco2)cc1-c1cnc(NC(=O)c2c(F)cccc2F)cn1.Cn1nc(-c2cccs2)cc1-c1cnc(NC(=O)c2c(F)cccc2F)cn1.Cn1nc(-c2nccs2)cc1-c1cnc(NC(=O)c2c(F)cccc2F)cn1. The number of amides is 5. The Balaban J connectivity index is 0.000000128. The Morgan fingerprint density at radius 1 is 0.280 bits per heavy atom. The number of nitrogens with zero attached hydrogens (tertiary/aromatic N) is 19. The molecule has 143 heavy (non-hydrogen) atoms. The molecule has 0 unspecified atom stereocenters. The summed E-state index contributed by atoms with van der Waals surface area (Å²) in [5.74, 6) is -13.5. The van der Waals surface area contributed by atoms with Gasteiger partial charge in [-0.05, 0) is 150 Å². The second kappa shape index (κ2) is 43.8. The summed E-state index contributed by atoms with van der Waals surface area (Å²) in [6, 6.07) is 52.4. The van der Waals surface area contributed by atoms with Crippen LogP contribution in [0.5, 0.6) is 0 Å². The highest BCUT2D eigenvalue weighted by Gasteiger charge is 2.27. The summed E-state index contributed by atoms with van der Waals surface area (Å²) in [5.41, 5.74) is 8.28. The molecule has 0 spiro atoms. The average Bonchev–Trinajstić information content (AvgIpc) is 1.69. The van der Waals surface area contributed by atoms with E-state index in [1.54, 1.807) is 127 Å². The van der Waals surface area contributed by atoms with E-state index in [1.165, 1.54) is 102 Å². The standard InChI is InChI=1S/C23H17F2N3O.C21H14F3N5O.C19H13F2N5O2.C19H13F2N5OS.C18H12F2N6OS/c1-28-14-17(15-6-3-2-4-7-15)12-20(28)16-10-11-21(26-13-16)27-23(29)22-18(24)8-5-9-19(22)25;1-29-18(9-16(28-29)12-5-2-3-6-13(12)22)17-10-26-19(11-25-17)27-21(30)20-14(23)7-4-8-15(20)24;2*1-26-15(8-13(25-26)16-6-3-7-28-16)14-9-23-17(10-22-14)24-19(27)18-11(20)4-2-5-12(18)21;1-26-14(7-12(25-26)18-21-5-6-28-18)13-8-23-15(9-22-13)24-17(27)16-10(19)3-2-4-11(16)20/h2-14H,1H3,(H,26,27,29);2-11H,1H3,(H,26,27,30);2*2-10H,1H3,(H,23,24,27);2-9H,1H3,(H,23,24,27). The number of rotatable bonds is 20. The quantitative estimate of drug-likeness (QED) is 0.0442. The third-order valence-corrected chi connectivity index (χ3v) is 22.5. The number of thiophene rings is 1. The highest BCUT2D eigenvalue weighted by molar-refractivity contribution is 7.13. The Hall–Kier alpha value is -18.7. The molecule has 0 bridgehead atoms. The van der Waals surface area contributed by atoms with Crippen LogP contribution in [0, 0.1) is 64.0 Å². The monoisotopic (exact) mass is 1970 g/mol. The fourth-order valence-corrected chi connectivity index (χ4v) is 15.3. The van der Waals surface area contributed by atoms with Crippen LogP contribution < -0.4 is 26.6 Å². The van der Waals surface area contributed by atoms with Crippen LogP contribution in [0.25, 0.3) is 112 Å². The summed E-state index contributed by atoms with van der Waals surface area (Å²) in [5, 5.41) is 33.9. The van der Waals surface area contributed by atoms with Crippen molar-refractivity contribution in [3.8, 4) is 112 Å². The lowest BCUT2D eigenvalue weighted by Crippen LogP contribution is -2.16. The zero-order valence-corrected chi connectivity index (χ0v) is 76.3. The van der Waals surface area contributed by atoms with E-state index in [4.69, 9.17) is 4.42 Å². The minimum Gasteiger partial charge on any atom is -0.463 e. The number of hydrogen-bond acceptors (Lipinski definition) is 22. The van der Waals surface area contributed by atoms with Gasteiger partial charge >= 0.3 is 0 Å². The smallest absolute Gasteiger partial charge is 0.262 e. The Morgan fingerprint density at radius 2 is 0.643 bits per heavy atom. The number of hydrogen-bond donors (Lipinski definition) is 5. The van der Waals surface area contributed by atoms with Gasteiger partial charge in [-0.1, -0.05) is 78.9 Å². The van der Waals surface area contributed by atoms with Crippen molar-refractivity contribution in [2.24, 2.45) is 35.2 Å². The first kappa shape index (κ1) is 97.4. The number of carbonyl (C=O) groups is 5. The molecule has 5 N–H and O–H groups in total. The summed E-state index contributed by atoms with van der Waals surface area (Å²) in [6.07, 6.45) is 17.8. The molecule has 0 atom stereocenters. The van der Waals surface area contributed by atoms with Gasteiger partial charge in [-0.2, -0.15) is 20.4 Å². The lowest BCUT2D eigenvalue weighted by molar-refractivity contribution is 0.101. The van der Waals surface area contributed by atoms with Crippen molar-refractivity contribution in [1.29, 1.82) is 0 Å². The van der Waals surface area contributed by atoms with Gasteiger partial charge in [-0.3, -0.25) is 42.7 Å². The highest BCUT2D eigenvalue weighted by Crippen LogP contribution is 2.35. The highest BCUT2D eigenvalue weighted by atomic mass is 32.1. The van der Waals surface area contributed by atoms with E-state index in [-0.39, 0.29) is 29.1 Å². The molecule has 20 rings (SSSR count). The third-order valence-electron chi connectivity index (χ3n) is 20.9. The van der Waals surface area contributed by atoms with E-state index < -0.39 is 121 Å². The molecular formula is C100H69F11N24O6S2. The van der Waals surface area contributed by atoms with Crippen LogP contribution in [0.4, 0.5) is 77.4 Å². The number of benzene rings is 7. The minimum atomic E-state index is -0.979. The number of furan rings is 1. The summed E-state index contributed by atoms with van der Waals surface area (Å²) in [6.45, 7) is 0. The van der Waals surface area contributed by atoms with Gasteiger partial charge in [0.1, 0.15) is 142 Å². The second-order valence-electron chi connectivity index (χ2n) is 30.3. The molecule has 0 radical (unpaired) electrons. The number of nitrogens with one attached hydrogen (secondary N) is 5. The van der Waals surface area contributed by atoms with Crippen LogP contribution >= 0.6 is 22.7 Å². The molecule has 0 saturated carbocycles. The molecule has 0 saturated heterocycles. The molecule has 714 valence electrons. The molecule has 20 aromatic rings. The van der Waals surface area contributed by atoms with Crippen LogP contribution in [0.1, 0.15) is 51.8 Å². The molecular weight excluding hydrogens is 1910 g/mol. The molecule has 13 heterocycles. The van der Waals surface area contributed by atoms with Gasteiger partial charge in [0.05, 0.1) is 89.2 Å². The molecule has 30 nitrogen and oxygen atoms in total. The van der Waals surface area contributed by atoms with Crippen molar-refractivity contribution in [1.82, 2.24) is 93.5 Å². The predicted molar refractivity (Wildman–Crippen MR) is 510 cm³/mol. The van der Waals surface area contributed by atoms with Gasteiger partial charge in [0.2, 0.25) is 0 Å². The fraction of sp³-hybridized carbons (Fsp3) is 0.0500. The summed E-state index contributed by atoms with van der Waals surface area (Å²) in [4.78, 5) is 104. The summed E-state index contributed by atoms with van der Waals surface area (Å²) in [7, 11) is 8.94. The topological polar surface area (TPSA) is 364 Å². The van der Waals surface area contributed by atoms with Crippen LogP contribution in [0.2, 0.25) is 0 Å². The van der Waals surface area contributed by atoms with Gasteiger partial charge < -0.3 is 35.6 Å². The Labute approximate surface area is 810 Å². The maximum atomic E-state index is 14.0. The van der Waals surface area contributed by atoms with E-state index in [0.29, 0.717) is 68.3 Å². The van der Waals surface area contributed by atoms with E-state index in [2.05, 4.69) is 103 Å². The summed E-state index contributed by atoms with van der Waals surface area (Å²) >= 11 is 3.05. The Kier molecular flexibility index (Phi) is 29.8.